The van der Waals surface area contributed by atoms with Crippen LogP contribution in [0.1, 0.15) is 5.56 Å². The molecule has 1 fully saturated rings. The van der Waals surface area contributed by atoms with E-state index in [2.05, 4.69) is 4.99 Å². The Morgan fingerprint density at radius 1 is 1.24 bits per heavy atom. The number of phenolic OH excluding ortho intramolecular Hbond substituents is 1. The van der Waals surface area contributed by atoms with E-state index in [1.807, 2.05) is 0 Å². The minimum Gasteiger partial charge on any atom is -0.507 e. The molecule has 1 aliphatic rings. The smallest absolute Gasteiger partial charge is 0.266 e. The molecule has 1 N–H and O–H groups in total. The van der Waals surface area contributed by atoms with Gasteiger partial charge in [0.2, 0.25) is 0 Å². The van der Waals surface area contributed by atoms with E-state index in [0.717, 1.165) is 23.9 Å². The summed E-state index contributed by atoms with van der Waals surface area (Å²) in [6, 6.07) is 7.48. The number of hydrogen-bond acceptors (Lipinski definition) is 4. The summed E-state index contributed by atoms with van der Waals surface area (Å²) in [5.41, 5.74) is 0.307. The molecule has 0 aliphatic carbocycles. The van der Waals surface area contributed by atoms with Gasteiger partial charge in [0.15, 0.2) is 11.0 Å². The number of aliphatic imine (C=N–C) groups is 1. The number of carbonyl (C=O) groups is 1. The van der Waals surface area contributed by atoms with Crippen LogP contribution in [-0.2, 0) is 4.79 Å². The Hall–Kier alpha value is -2.38. The molecule has 0 spiro atoms. The van der Waals surface area contributed by atoms with Crippen molar-refractivity contribution in [3.05, 3.63) is 63.5 Å². The third-order valence-corrected chi connectivity index (χ3v) is 4.70. The van der Waals surface area contributed by atoms with E-state index in [1.54, 1.807) is 0 Å². The van der Waals surface area contributed by atoms with E-state index in [-0.39, 0.29) is 22.5 Å². The van der Waals surface area contributed by atoms with Crippen molar-refractivity contribution in [3.8, 4) is 5.75 Å². The van der Waals surface area contributed by atoms with E-state index >= 15 is 0 Å². The Labute approximate surface area is 151 Å². The molecule has 3 rings (SSSR count). The van der Waals surface area contributed by atoms with Gasteiger partial charge in [0.25, 0.3) is 5.91 Å². The zero-order valence-electron chi connectivity index (χ0n) is 12.8. The Morgan fingerprint density at radius 2 is 2.00 bits per heavy atom. The predicted octanol–water partition coefficient (Wildman–Crippen LogP) is 4.56. The van der Waals surface area contributed by atoms with Crippen LogP contribution in [0.15, 0.2) is 46.3 Å². The molecule has 25 heavy (non-hydrogen) atoms. The molecule has 128 valence electrons. The fourth-order valence-corrected chi connectivity index (χ4v) is 3.26. The van der Waals surface area contributed by atoms with Gasteiger partial charge in [-0.05, 0) is 48.2 Å². The number of hydrogen-bond donors (Lipinski definition) is 1. The zero-order valence-corrected chi connectivity index (χ0v) is 14.4. The van der Waals surface area contributed by atoms with Crippen molar-refractivity contribution < 1.29 is 18.7 Å². The molecule has 1 heterocycles. The van der Waals surface area contributed by atoms with Gasteiger partial charge in [-0.3, -0.25) is 9.69 Å². The van der Waals surface area contributed by atoms with Crippen molar-refractivity contribution in [2.75, 3.05) is 7.05 Å². The topological polar surface area (TPSA) is 52.9 Å². The number of benzene rings is 2. The lowest BCUT2D eigenvalue weighted by atomic mass is 10.2. The van der Waals surface area contributed by atoms with Crippen LogP contribution < -0.4 is 0 Å². The summed E-state index contributed by atoms with van der Waals surface area (Å²) in [7, 11) is 1.49. The van der Waals surface area contributed by atoms with Gasteiger partial charge in [-0.15, -0.1) is 0 Å². The maximum absolute atomic E-state index is 13.7. The molecule has 1 amide bonds. The van der Waals surface area contributed by atoms with Crippen molar-refractivity contribution >= 4 is 46.2 Å². The monoisotopic (exact) mass is 380 g/mol. The number of phenols is 1. The summed E-state index contributed by atoms with van der Waals surface area (Å²) in [4.78, 5) is 18.0. The first-order chi connectivity index (χ1) is 11.8. The van der Waals surface area contributed by atoms with E-state index in [4.69, 9.17) is 11.6 Å². The zero-order chi connectivity index (χ0) is 18.1. The number of likely N-dealkylation sites (N-methyl/N-ethyl adjacent to an activating group) is 1. The molecule has 0 saturated carbocycles. The summed E-state index contributed by atoms with van der Waals surface area (Å²) in [5, 5.41) is 10.5. The van der Waals surface area contributed by atoms with E-state index in [1.165, 1.54) is 42.3 Å². The number of carbonyl (C=O) groups excluding carboxylic acids is 1. The molecule has 1 saturated heterocycles. The van der Waals surface area contributed by atoms with Crippen molar-refractivity contribution in [1.29, 1.82) is 0 Å². The van der Waals surface area contributed by atoms with Crippen LogP contribution in [-0.4, -0.2) is 28.1 Å². The summed E-state index contributed by atoms with van der Waals surface area (Å²) in [6.45, 7) is 0. The summed E-state index contributed by atoms with van der Waals surface area (Å²) >= 11 is 6.91. The number of halogens is 3. The molecule has 0 unspecified atom stereocenters. The highest BCUT2D eigenvalue weighted by atomic mass is 35.5. The molecule has 4 nitrogen and oxygen atoms in total. The minimum atomic E-state index is -0.820. The third kappa shape index (κ3) is 3.67. The maximum atomic E-state index is 13.7. The molecule has 0 bridgehead atoms. The molecule has 8 heteroatoms. The highest BCUT2D eigenvalue weighted by Crippen LogP contribution is 2.35. The number of rotatable bonds is 2. The third-order valence-electron chi connectivity index (χ3n) is 3.41. The van der Waals surface area contributed by atoms with Crippen molar-refractivity contribution in [2.24, 2.45) is 4.99 Å². The van der Waals surface area contributed by atoms with Gasteiger partial charge in [-0.25, -0.2) is 13.8 Å². The Bertz CT molecular complexity index is 931. The van der Waals surface area contributed by atoms with E-state index in [9.17, 15) is 18.7 Å². The molecular weight excluding hydrogens is 370 g/mol. The van der Waals surface area contributed by atoms with Gasteiger partial charge in [-0.2, -0.15) is 0 Å². The standard InChI is InChI=1S/C17H11ClF2N2O2S/c1-22-16(24)15(7-9-6-10(18)2-5-14(9)23)25-17(22)21-13-4-3-11(19)8-12(13)20/h2-8,23H,1H3/b15-7+,21-17?. The van der Waals surface area contributed by atoms with Crippen LogP contribution in [0.25, 0.3) is 6.08 Å². The van der Waals surface area contributed by atoms with Gasteiger partial charge >= 0.3 is 0 Å². The lowest BCUT2D eigenvalue weighted by Crippen LogP contribution is -2.23. The first-order valence-electron chi connectivity index (χ1n) is 7.05. The molecule has 0 aromatic heterocycles. The molecule has 1 aliphatic heterocycles. The van der Waals surface area contributed by atoms with Crippen LogP contribution in [0.4, 0.5) is 14.5 Å². The van der Waals surface area contributed by atoms with Crippen LogP contribution in [0.3, 0.4) is 0 Å². The second-order valence-electron chi connectivity index (χ2n) is 5.17. The molecule has 0 radical (unpaired) electrons. The summed E-state index contributed by atoms with van der Waals surface area (Å²) < 4.78 is 26.7. The van der Waals surface area contributed by atoms with Crippen LogP contribution in [0.2, 0.25) is 5.02 Å². The SMILES string of the molecule is CN1C(=O)/C(=C\c2cc(Cl)ccc2O)SC1=Nc1ccc(F)cc1F. The number of amides is 1. The fourth-order valence-electron chi connectivity index (χ4n) is 2.11. The largest absolute Gasteiger partial charge is 0.507 e. The van der Waals surface area contributed by atoms with Crippen molar-refractivity contribution in [1.82, 2.24) is 4.90 Å². The summed E-state index contributed by atoms with van der Waals surface area (Å²) in [6.07, 6.45) is 1.48. The van der Waals surface area contributed by atoms with Gasteiger partial charge in [0, 0.05) is 23.7 Å². The molecular formula is C17H11ClF2N2O2S. The highest BCUT2D eigenvalue weighted by Gasteiger charge is 2.30. The van der Waals surface area contributed by atoms with E-state index in [0.29, 0.717) is 15.5 Å². The van der Waals surface area contributed by atoms with Crippen LogP contribution in [0.5, 0.6) is 5.75 Å². The number of amidine groups is 1. The number of thioether (sulfide) groups is 1. The van der Waals surface area contributed by atoms with E-state index < -0.39 is 11.6 Å². The Morgan fingerprint density at radius 3 is 2.72 bits per heavy atom. The Kier molecular flexibility index (Phi) is 4.78. The second-order valence-corrected chi connectivity index (χ2v) is 6.61. The van der Waals surface area contributed by atoms with Gasteiger partial charge < -0.3 is 5.11 Å². The average Bonchev–Trinajstić information content (AvgIpc) is 2.82. The van der Waals surface area contributed by atoms with Crippen molar-refractivity contribution in [3.63, 3.8) is 0 Å². The maximum Gasteiger partial charge on any atom is 0.266 e. The molecule has 0 atom stereocenters. The second kappa shape index (κ2) is 6.85. The Balaban J connectivity index is 1.96. The van der Waals surface area contributed by atoms with Crippen LogP contribution >= 0.6 is 23.4 Å². The lowest BCUT2D eigenvalue weighted by Gasteiger charge is -2.07. The van der Waals surface area contributed by atoms with Crippen molar-refractivity contribution in [2.45, 2.75) is 0 Å². The predicted molar refractivity (Wildman–Crippen MR) is 94.9 cm³/mol. The minimum absolute atomic E-state index is 0.0251. The first-order valence-corrected chi connectivity index (χ1v) is 8.24. The first kappa shape index (κ1) is 17.4. The average molecular weight is 381 g/mol. The lowest BCUT2D eigenvalue weighted by molar-refractivity contribution is -0.121. The molecule has 2 aromatic rings. The number of aromatic hydroxyl groups is 1. The number of nitrogens with zero attached hydrogens (tertiary/aromatic N) is 2. The van der Waals surface area contributed by atoms with Gasteiger partial charge in [-0.1, -0.05) is 11.6 Å². The summed E-state index contributed by atoms with van der Waals surface area (Å²) in [5.74, 6) is -1.91. The van der Waals surface area contributed by atoms with Gasteiger partial charge in [0.1, 0.15) is 17.3 Å². The normalized spacial score (nSPS) is 17.8. The van der Waals surface area contributed by atoms with Crippen LogP contribution in [0, 0.1) is 11.6 Å². The molecule has 2 aromatic carbocycles. The highest BCUT2D eigenvalue weighted by molar-refractivity contribution is 8.18. The fraction of sp³-hybridized carbons (Fsp3) is 0.0588. The van der Waals surface area contributed by atoms with Gasteiger partial charge in [0.05, 0.1) is 4.91 Å². The quantitative estimate of drug-likeness (QED) is 0.777.